The topological polar surface area (TPSA) is 60.2 Å². The predicted octanol–water partition coefficient (Wildman–Crippen LogP) is 3.06. The minimum Gasteiger partial charge on any atom is -0.294 e. The lowest BCUT2D eigenvalue weighted by Crippen LogP contribution is -2.17. The molecule has 0 heterocycles. The lowest BCUT2D eigenvalue weighted by molar-refractivity contribution is -0.384. The van der Waals surface area contributed by atoms with Crippen LogP contribution in [0.1, 0.15) is 47.5 Å². The largest absolute Gasteiger partial charge is 0.294 e. The van der Waals surface area contributed by atoms with Gasteiger partial charge in [-0.1, -0.05) is 18.9 Å². The number of carbonyl (C=O) groups is 1. The van der Waals surface area contributed by atoms with Crippen molar-refractivity contribution in [2.45, 2.75) is 31.6 Å². The molecule has 0 spiro atoms. The Balaban J connectivity index is 2.08. The Labute approximate surface area is 98.8 Å². The van der Waals surface area contributed by atoms with Crippen LogP contribution < -0.4 is 0 Å². The summed E-state index contributed by atoms with van der Waals surface area (Å²) in [5.41, 5.74) is 1.65. The van der Waals surface area contributed by atoms with Crippen LogP contribution in [0.25, 0.3) is 0 Å². The first kappa shape index (κ1) is 10.4. The Hall–Kier alpha value is -1.71. The molecule has 1 aromatic carbocycles. The Bertz CT molecular complexity index is 509. The maximum absolute atomic E-state index is 12.2. The van der Waals surface area contributed by atoms with Crippen LogP contribution in [0.4, 0.5) is 5.69 Å². The number of benzene rings is 1. The summed E-state index contributed by atoms with van der Waals surface area (Å²) >= 11 is 0. The number of nitro groups is 1. The highest BCUT2D eigenvalue weighted by molar-refractivity contribution is 6.03. The zero-order chi connectivity index (χ0) is 12.0. The van der Waals surface area contributed by atoms with Crippen molar-refractivity contribution in [3.63, 3.8) is 0 Å². The van der Waals surface area contributed by atoms with Crippen molar-refractivity contribution in [1.82, 2.24) is 0 Å². The Morgan fingerprint density at radius 3 is 2.59 bits per heavy atom. The molecular formula is C13H13NO3. The third kappa shape index (κ3) is 1.47. The zero-order valence-corrected chi connectivity index (χ0v) is 9.39. The fourth-order valence-electron chi connectivity index (χ4n) is 3.21. The molecule has 88 valence electrons. The summed E-state index contributed by atoms with van der Waals surface area (Å²) in [5.74, 6) is 0.515. The number of nitrogens with zero attached hydrogens (tertiary/aromatic N) is 1. The van der Waals surface area contributed by atoms with Crippen molar-refractivity contribution in [1.29, 1.82) is 0 Å². The van der Waals surface area contributed by atoms with E-state index in [-0.39, 0.29) is 17.4 Å². The van der Waals surface area contributed by atoms with Crippen LogP contribution in [-0.2, 0) is 0 Å². The van der Waals surface area contributed by atoms with Gasteiger partial charge in [0.25, 0.3) is 5.69 Å². The molecular weight excluding hydrogens is 218 g/mol. The van der Waals surface area contributed by atoms with Crippen LogP contribution in [0.2, 0.25) is 0 Å². The first-order chi connectivity index (χ1) is 8.18. The fourth-order valence-corrected chi connectivity index (χ4v) is 3.21. The average molecular weight is 231 g/mol. The summed E-state index contributed by atoms with van der Waals surface area (Å²) in [4.78, 5) is 22.5. The van der Waals surface area contributed by atoms with E-state index < -0.39 is 4.92 Å². The normalized spacial score (nSPS) is 26.5. The molecule has 1 saturated carbocycles. The van der Waals surface area contributed by atoms with Crippen LogP contribution in [-0.4, -0.2) is 10.7 Å². The third-order valence-electron chi connectivity index (χ3n) is 4.02. The van der Waals surface area contributed by atoms with Gasteiger partial charge in [0.05, 0.1) is 4.92 Å². The van der Waals surface area contributed by atoms with Gasteiger partial charge >= 0.3 is 0 Å². The number of hydrogen-bond donors (Lipinski definition) is 0. The Morgan fingerprint density at radius 2 is 1.88 bits per heavy atom. The summed E-state index contributed by atoms with van der Waals surface area (Å²) in [5, 5.41) is 10.7. The van der Waals surface area contributed by atoms with Gasteiger partial charge in [0, 0.05) is 23.6 Å². The number of ketones is 1. The molecule has 0 radical (unpaired) electrons. The maximum atomic E-state index is 12.2. The maximum Gasteiger partial charge on any atom is 0.270 e. The van der Waals surface area contributed by atoms with Crippen LogP contribution >= 0.6 is 0 Å². The van der Waals surface area contributed by atoms with E-state index in [1.165, 1.54) is 12.1 Å². The second kappa shape index (κ2) is 3.65. The number of nitro benzene ring substituents is 1. The van der Waals surface area contributed by atoms with Gasteiger partial charge in [-0.15, -0.1) is 0 Å². The molecule has 0 amide bonds. The minimum atomic E-state index is -0.435. The van der Waals surface area contributed by atoms with Gasteiger partial charge in [0.1, 0.15) is 0 Å². The van der Waals surface area contributed by atoms with Gasteiger partial charge in [0.2, 0.25) is 0 Å². The molecule has 2 unspecified atom stereocenters. The molecule has 4 heteroatoms. The molecule has 4 nitrogen and oxygen atoms in total. The second-order valence-electron chi connectivity index (χ2n) is 4.89. The van der Waals surface area contributed by atoms with Crippen LogP contribution in [0, 0.1) is 16.0 Å². The van der Waals surface area contributed by atoms with Gasteiger partial charge < -0.3 is 0 Å². The number of rotatable bonds is 1. The summed E-state index contributed by atoms with van der Waals surface area (Å²) in [7, 11) is 0. The zero-order valence-electron chi connectivity index (χ0n) is 9.39. The molecule has 0 aliphatic heterocycles. The minimum absolute atomic E-state index is 0.0238. The molecule has 2 aliphatic rings. The molecule has 0 bridgehead atoms. The number of Topliss-reactive ketones (excluding diaryl/α,β-unsaturated/α-hetero) is 1. The van der Waals surface area contributed by atoms with Gasteiger partial charge in [0.15, 0.2) is 5.78 Å². The van der Waals surface area contributed by atoms with Crippen molar-refractivity contribution in [3.8, 4) is 0 Å². The van der Waals surface area contributed by atoms with Gasteiger partial charge in [-0.2, -0.15) is 0 Å². The molecule has 1 fully saturated rings. The van der Waals surface area contributed by atoms with Crippen molar-refractivity contribution >= 4 is 11.5 Å². The summed E-state index contributed by atoms with van der Waals surface area (Å²) in [6.07, 6.45) is 4.24. The molecule has 17 heavy (non-hydrogen) atoms. The molecule has 1 aromatic rings. The predicted molar refractivity (Wildman–Crippen MR) is 62.1 cm³/mol. The number of fused-ring (bicyclic) bond motifs is 3. The van der Waals surface area contributed by atoms with E-state index in [1.54, 1.807) is 6.07 Å². The monoisotopic (exact) mass is 231 g/mol. The third-order valence-corrected chi connectivity index (χ3v) is 4.02. The van der Waals surface area contributed by atoms with E-state index in [2.05, 4.69) is 0 Å². The highest BCUT2D eigenvalue weighted by Crippen LogP contribution is 2.47. The van der Waals surface area contributed by atoms with Crippen LogP contribution in [0.5, 0.6) is 0 Å². The Kier molecular flexibility index (Phi) is 2.24. The second-order valence-corrected chi connectivity index (χ2v) is 4.89. The SMILES string of the molecule is O=C1c2cc([N+](=O)[O-])ccc2C2CCCCC12. The lowest BCUT2D eigenvalue weighted by atomic mass is 9.79. The highest BCUT2D eigenvalue weighted by atomic mass is 16.6. The molecule has 2 atom stereocenters. The van der Waals surface area contributed by atoms with E-state index in [0.29, 0.717) is 11.5 Å². The average Bonchev–Trinajstić information content (AvgIpc) is 2.64. The molecule has 0 saturated heterocycles. The first-order valence-corrected chi connectivity index (χ1v) is 6.01. The summed E-state index contributed by atoms with van der Waals surface area (Å²) in [6, 6.07) is 4.75. The van der Waals surface area contributed by atoms with Crippen molar-refractivity contribution in [3.05, 3.63) is 39.4 Å². The molecule has 0 aromatic heterocycles. The van der Waals surface area contributed by atoms with Gasteiger partial charge in [-0.05, 0) is 24.3 Å². The van der Waals surface area contributed by atoms with E-state index in [1.807, 2.05) is 0 Å². The van der Waals surface area contributed by atoms with E-state index in [9.17, 15) is 14.9 Å². The van der Waals surface area contributed by atoms with Crippen LogP contribution in [0.3, 0.4) is 0 Å². The van der Waals surface area contributed by atoms with Crippen LogP contribution in [0.15, 0.2) is 18.2 Å². The molecule has 0 N–H and O–H groups in total. The van der Waals surface area contributed by atoms with Crippen molar-refractivity contribution in [2.75, 3.05) is 0 Å². The van der Waals surface area contributed by atoms with E-state index >= 15 is 0 Å². The van der Waals surface area contributed by atoms with E-state index in [0.717, 1.165) is 31.2 Å². The lowest BCUT2D eigenvalue weighted by Gasteiger charge is -2.24. The van der Waals surface area contributed by atoms with Gasteiger partial charge in [-0.3, -0.25) is 14.9 Å². The molecule has 2 aliphatic carbocycles. The van der Waals surface area contributed by atoms with Gasteiger partial charge in [-0.25, -0.2) is 0 Å². The van der Waals surface area contributed by atoms with Crippen molar-refractivity contribution < 1.29 is 9.72 Å². The standard InChI is InChI=1S/C13H13NO3/c15-13-11-4-2-1-3-9(11)10-6-5-8(14(16)17)7-12(10)13/h5-7,9,11H,1-4H2. The Morgan fingerprint density at radius 1 is 1.18 bits per heavy atom. The number of non-ortho nitro benzene ring substituents is 1. The van der Waals surface area contributed by atoms with E-state index in [4.69, 9.17) is 0 Å². The highest BCUT2D eigenvalue weighted by Gasteiger charge is 2.41. The first-order valence-electron chi connectivity index (χ1n) is 6.01. The number of carbonyl (C=O) groups excluding carboxylic acids is 1. The smallest absolute Gasteiger partial charge is 0.270 e. The number of hydrogen-bond acceptors (Lipinski definition) is 3. The van der Waals surface area contributed by atoms with Crippen molar-refractivity contribution in [2.24, 2.45) is 5.92 Å². The summed E-state index contributed by atoms with van der Waals surface area (Å²) < 4.78 is 0. The fraction of sp³-hybridized carbons (Fsp3) is 0.462. The molecule has 3 rings (SSSR count). The quantitative estimate of drug-likeness (QED) is 0.551. The summed E-state index contributed by atoms with van der Waals surface area (Å²) in [6.45, 7) is 0.